The Hall–Kier alpha value is -5.08. The molecular weight excluding hydrogens is 554 g/mol. The van der Waals surface area contributed by atoms with Gasteiger partial charge in [0, 0.05) is 50.4 Å². The van der Waals surface area contributed by atoms with Gasteiger partial charge in [-0.3, -0.25) is 19.8 Å². The number of anilines is 1. The third-order valence-electron chi connectivity index (χ3n) is 7.83. The van der Waals surface area contributed by atoms with E-state index in [0.29, 0.717) is 12.0 Å². The minimum absolute atomic E-state index is 0.108. The van der Waals surface area contributed by atoms with Gasteiger partial charge in [0.05, 0.1) is 17.6 Å². The zero-order valence-electron chi connectivity index (χ0n) is 24.7. The van der Waals surface area contributed by atoms with E-state index in [0.717, 1.165) is 37.4 Å². The summed E-state index contributed by atoms with van der Waals surface area (Å²) in [6.07, 6.45) is 1.83. The second-order valence-electron chi connectivity index (χ2n) is 10.8. The zero-order chi connectivity index (χ0) is 30.9. The van der Waals surface area contributed by atoms with Crippen LogP contribution >= 0.6 is 0 Å². The van der Waals surface area contributed by atoms with Gasteiger partial charge in [-0.1, -0.05) is 84.9 Å². The predicted octanol–water partition coefficient (Wildman–Crippen LogP) is 6.26. The van der Waals surface area contributed by atoms with Gasteiger partial charge in [-0.2, -0.15) is 0 Å². The number of hydrogen-bond acceptors (Lipinski definition) is 7. The molecule has 4 aromatic carbocycles. The molecule has 4 aromatic rings. The predicted molar refractivity (Wildman–Crippen MR) is 171 cm³/mol. The van der Waals surface area contributed by atoms with Crippen LogP contribution in [0.1, 0.15) is 35.2 Å². The van der Waals surface area contributed by atoms with Crippen LogP contribution in [0.4, 0.5) is 11.4 Å². The van der Waals surface area contributed by atoms with Crippen LogP contribution in [0.2, 0.25) is 0 Å². The second kappa shape index (κ2) is 14.4. The van der Waals surface area contributed by atoms with Crippen molar-refractivity contribution in [2.45, 2.75) is 19.4 Å². The average Bonchev–Trinajstić information content (AvgIpc) is 3.05. The van der Waals surface area contributed by atoms with Crippen molar-refractivity contribution in [2.24, 2.45) is 0 Å². The molecule has 0 radical (unpaired) electrons. The van der Waals surface area contributed by atoms with Crippen LogP contribution in [0.5, 0.6) is 0 Å². The SMILES string of the molecule is CC(=O)C(=Cc1cccc([N+](=O)[O-])c1)C(=O)OCCc1ccc(N2CCN(C(c3ccccc3)c3ccccc3)CC2)cc1. The standard InChI is InChI=1S/C36H35N3O5/c1-27(40)34(26-29-9-8-14-33(25-29)39(42)43)36(41)44-24-19-28-15-17-32(18-16-28)37-20-22-38(23-21-37)35(30-10-4-2-5-11-30)31-12-6-3-7-13-31/h2-18,25-26,35H,19-24H2,1H3. The number of carbonyl (C=O) groups excluding carboxylic acids is 2. The van der Waals surface area contributed by atoms with Crippen molar-refractivity contribution >= 4 is 29.2 Å². The summed E-state index contributed by atoms with van der Waals surface area (Å²) in [5.74, 6) is -1.22. The monoisotopic (exact) mass is 589 g/mol. The van der Waals surface area contributed by atoms with Gasteiger partial charge in [0.1, 0.15) is 5.57 Å². The van der Waals surface area contributed by atoms with E-state index in [9.17, 15) is 19.7 Å². The van der Waals surface area contributed by atoms with Gasteiger partial charge in [-0.25, -0.2) is 4.79 Å². The van der Waals surface area contributed by atoms with Gasteiger partial charge in [0.15, 0.2) is 5.78 Å². The van der Waals surface area contributed by atoms with Gasteiger partial charge in [0.25, 0.3) is 5.69 Å². The number of carbonyl (C=O) groups is 2. The van der Waals surface area contributed by atoms with Crippen LogP contribution < -0.4 is 4.90 Å². The molecule has 1 saturated heterocycles. The average molecular weight is 590 g/mol. The third kappa shape index (κ3) is 7.65. The maximum absolute atomic E-state index is 12.7. The van der Waals surface area contributed by atoms with Crippen molar-refractivity contribution in [3.63, 3.8) is 0 Å². The van der Waals surface area contributed by atoms with Crippen molar-refractivity contribution in [3.8, 4) is 0 Å². The lowest BCUT2D eigenvalue weighted by Gasteiger charge is -2.40. The molecule has 1 heterocycles. The van der Waals surface area contributed by atoms with Crippen LogP contribution in [0.3, 0.4) is 0 Å². The Morgan fingerprint density at radius 2 is 1.45 bits per heavy atom. The fraction of sp³-hybridized carbons (Fsp3) is 0.222. The number of hydrogen-bond donors (Lipinski definition) is 0. The summed E-state index contributed by atoms with van der Waals surface area (Å²) in [6.45, 7) is 5.09. The van der Waals surface area contributed by atoms with Crippen LogP contribution in [0.25, 0.3) is 6.08 Å². The lowest BCUT2D eigenvalue weighted by Crippen LogP contribution is -2.48. The van der Waals surface area contributed by atoms with Crippen LogP contribution in [-0.4, -0.2) is 54.4 Å². The molecule has 1 aliphatic heterocycles. The van der Waals surface area contributed by atoms with Crippen molar-refractivity contribution in [1.29, 1.82) is 0 Å². The molecule has 8 nitrogen and oxygen atoms in total. The van der Waals surface area contributed by atoms with E-state index in [4.69, 9.17) is 4.74 Å². The molecule has 1 fully saturated rings. The van der Waals surface area contributed by atoms with E-state index in [2.05, 4.69) is 82.6 Å². The first kappa shape index (κ1) is 30.4. The van der Waals surface area contributed by atoms with Gasteiger partial charge in [-0.05, 0) is 47.4 Å². The Morgan fingerprint density at radius 3 is 2.02 bits per heavy atom. The van der Waals surface area contributed by atoms with E-state index < -0.39 is 16.7 Å². The highest BCUT2D eigenvalue weighted by Gasteiger charge is 2.26. The first-order valence-corrected chi connectivity index (χ1v) is 14.7. The molecule has 224 valence electrons. The number of nitro groups is 1. The number of non-ortho nitro benzene ring substituents is 1. The number of esters is 1. The Morgan fingerprint density at radius 1 is 0.841 bits per heavy atom. The summed E-state index contributed by atoms with van der Waals surface area (Å²) in [6, 6.07) is 35.6. The highest BCUT2D eigenvalue weighted by molar-refractivity contribution is 6.19. The van der Waals surface area contributed by atoms with Crippen LogP contribution in [0, 0.1) is 10.1 Å². The molecule has 0 saturated carbocycles. The summed E-state index contributed by atoms with van der Waals surface area (Å²) in [4.78, 5) is 40.2. The molecule has 1 aliphatic rings. The number of ketones is 1. The molecule has 0 aliphatic carbocycles. The quantitative estimate of drug-likeness (QED) is 0.0509. The Bertz CT molecular complexity index is 1570. The van der Waals surface area contributed by atoms with Crippen molar-refractivity contribution < 1.29 is 19.2 Å². The topological polar surface area (TPSA) is 93.0 Å². The number of piperazine rings is 1. The molecule has 5 rings (SSSR count). The Labute approximate surface area is 257 Å². The maximum atomic E-state index is 12.7. The van der Waals surface area contributed by atoms with Crippen LogP contribution in [-0.2, 0) is 20.7 Å². The Kier molecular flexibility index (Phi) is 9.94. The number of benzene rings is 4. The van der Waals surface area contributed by atoms with E-state index in [1.54, 1.807) is 6.07 Å². The summed E-state index contributed by atoms with van der Waals surface area (Å²) in [7, 11) is 0. The third-order valence-corrected chi connectivity index (χ3v) is 7.83. The fourth-order valence-electron chi connectivity index (χ4n) is 5.53. The summed E-state index contributed by atoms with van der Waals surface area (Å²) < 4.78 is 5.40. The highest BCUT2D eigenvalue weighted by atomic mass is 16.6. The summed E-state index contributed by atoms with van der Waals surface area (Å²) >= 11 is 0. The molecule has 0 spiro atoms. The van der Waals surface area contributed by atoms with E-state index in [1.165, 1.54) is 42.3 Å². The molecule has 44 heavy (non-hydrogen) atoms. The van der Waals surface area contributed by atoms with E-state index in [1.807, 2.05) is 12.1 Å². The lowest BCUT2D eigenvalue weighted by atomic mass is 9.96. The normalized spacial score (nSPS) is 14.0. The Balaban J connectivity index is 1.15. The van der Waals surface area contributed by atoms with Gasteiger partial charge < -0.3 is 9.64 Å². The number of nitrogens with zero attached hydrogens (tertiary/aromatic N) is 3. The molecular formula is C36H35N3O5. The first-order chi connectivity index (χ1) is 21.4. The highest BCUT2D eigenvalue weighted by Crippen LogP contribution is 2.30. The van der Waals surface area contributed by atoms with Crippen molar-refractivity contribution in [1.82, 2.24) is 4.90 Å². The molecule has 0 aromatic heterocycles. The van der Waals surface area contributed by atoms with Gasteiger partial charge >= 0.3 is 5.97 Å². The fourth-order valence-corrected chi connectivity index (χ4v) is 5.53. The smallest absolute Gasteiger partial charge is 0.341 e. The molecule has 0 amide bonds. The lowest BCUT2D eigenvalue weighted by molar-refractivity contribution is -0.384. The molecule has 8 heteroatoms. The summed E-state index contributed by atoms with van der Waals surface area (Å²) in [5.41, 5.74) is 4.87. The number of nitro benzene ring substituents is 1. The van der Waals surface area contributed by atoms with Gasteiger partial charge in [0.2, 0.25) is 0 Å². The summed E-state index contributed by atoms with van der Waals surface area (Å²) in [5, 5.41) is 11.1. The van der Waals surface area contributed by atoms with E-state index >= 15 is 0 Å². The number of Topliss-reactive ketones (excluding diaryl/α,β-unsaturated/α-hetero) is 1. The van der Waals surface area contributed by atoms with Gasteiger partial charge in [-0.15, -0.1) is 0 Å². The largest absolute Gasteiger partial charge is 0.462 e. The minimum Gasteiger partial charge on any atom is -0.462 e. The molecule has 0 atom stereocenters. The zero-order valence-corrected chi connectivity index (χ0v) is 24.7. The maximum Gasteiger partial charge on any atom is 0.341 e. The minimum atomic E-state index is -0.747. The number of rotatable bonds is 11. The first-order valence-electron chi connectivity index (χ1n) is 14.7. The van der Waals surface area contributed by atoms with Crippen LogP contribution in [0.15, 0.2) is 115 Å². The van der Waals surface area contributed by atoms with Crippen molar-refractivity contribution in [2.75, 3.05) is 37.7 Å². The second-order valence-corrected chi connectivity index (χ2v) is 10.8. The van der Waals surface area contributed by atoms with Crippen molar-refractivity contribution in [3.05, 3.63) is 147 Å². The molecule has 0 bridgehead atoms. The molecule has 0 N–H and O–H groups in total. The van der Waals surface area contributed by atoms with E-state index in [-0.39, 0.29) is 23.9 Å². The number of ether oxygens (including phenoxy) is 1. The molecule has 0 unspecified atom stereocenters.